The minimum Gasteiger partial charge on any atom is -0.384 e. The molecule has 19 heavy (non-hydrogen) atoms. The Labute approximate surface area is 124 Å². The van der Waals surface area contributed by atoms with E-state index in [9.17, 15) is 0 Å². The Morgan fingerprint density at radius 2 is 2.05 bits per heavy atom. The number of nitrogen functional groups attached to an aromatic ring is 1. The molecule has 2 aromatic rings. The molecule has 0 radical (unpaired) electrons. The first kappa shape index (κ1) is 14.5. The zero-order chi connectivity index (χ0) is 13.5. The largest absolute Gasteiger partial charge is 0.384 e. The van der Waals surface area contributed by atoms with Gasteiger partial charge in [-0.2, -0.15) is 0 Å². The second-order valence-corrected chi connectivity index (χ2v) is 7.26. The van der Waals surface area contributed by atoms with Gasteiger partial charge >= 0.3 is 0 Å². The molecule has 0 saturated heterocycles. The number of rotatable bonds is 7. The molecular weight excluding hydrogens is 298 g/mol. The molecular formula is C11H15N5S3. The number of nitrogens with zero attached hydrogens (tertiary/aromatic N) is 4. The fourth-order valence-corrected chi connectivity index (χ4v) is 4.27. The second-order valence-electron chi connectivity index (χ2n) is 3.72. The predicted molar refractivity (Wildman–Crippen MR) is 81.5 cm³/mol. The van der Waals surface area contributed by atoms with E-state index in [2.05, 4.69) is 27.1 Å². The highest BCUT2D eigenvalue weighted by Gasteiger charge is 2.06. The first-order valence-corrected chi connectivity index (χ1v) is 8.73. The van der Waals surface area contributed by atoms with Crippen LogP contribution in [0.3, 0.4) is 0 Å². The molecule has 0 aliphatic rings. The van der Waals surface area contributed by atoms with Crippen molar-refractivity contribution >= 4 is 40.7 Å². The zero-order valence-corrected chi connectivity index (χ0v) is 13.0. The summed E-state index contributed by atoms with van der Waals surface area (Å²) in [6.07, 6.45) is 4.09. The molecule has 5 nitrogen and oxygen atoms in total. The highest BCUT2D eigenvalue weighted by atomic mass is 32.2. The fourth-order valence-electron chi connectivity index (χ4n) is 1.23. The fraction of sp³-hybridized carbons (Fsp3) is 0.455. The lowest BCUT2D eigenvalue weighted by molar-refractivity contribution is 0.892. The van der Waals surface area contributed by atoms with Crippen molar-refractivity contribution in [1.29, 1.82) is 0 Å². The number of aromatic nitrogens is 4. The van der Waals surface area contributed by atoms with Crippen molar-refractivity contribution in [3.63, 3.8) is 0 Å². The van der Waals surface area contributed by atoms with E-state index in [1.54, 1.807) is 47.1 Å². The average molecular weight is 313 g/mol. The van der Waals surface area contributed by atoms with Crippen LogP contribution in [-0.4, -0.2) is 25.9 Å². The first-order chi connectivity index (χ1) is 9.28. The maximum Gasteiger partial charge on any atom is 0.175 e. The first-order valence-electron chi connectivity index (χ1n) is 5.94. The SMILES string of the molecule is CCCCSc1nnc(SCc2nccc(N)n2)s1. The van der Waals surface area contributed by atoms with Crippen molar-refractivity contribution in [2.75, 3.05) is 11.5 Å². The normalized spacial score (nSPS) is 10.8. The molecule has 0 atom stereocenters. The molecule has 0 amide bonds. The number of nitrogens with two attached hydrogens (primary N) is 1. The summed E-state index contributed by atoms with van der Waals surface area (Å²) in [5.41, 5.74) is 5.61. The lowest BCUT2D eigenvalue weighted by Gasteiger charge is -1.97. The molecule has 0 spiro atoms. The van der Waals surface area contributed by atoms with E-state index >= 15 is 0 Å². The highest BCUT2D eigenvalue weighted by molar-refractivity contribution is 8.02. The number of anilines is 1. The Kier molecular flexibility index (Phi) is 5.87. The summed E-state index contributed by atoms with van der Waals surface area (Å²) < 4.78 is 1.98. The standard InChI is InChI=1S/C11H15N5S3/c1-2-3-6-17-10-15-16-11(19-10)18-7-9-13-5-4-8(12)14-9/h4-5H,2-3,6-7H2,1H3,(H2,12,13,14). The van der Waals surface area contributed by atoms with Crippen LogP contribution >= 0.6 is 34.9 Å². The van der Waals surface area contributed by atoms with Gasteiger partial charge < -0.3 is 5.73 Å². The molecule has 2 rings (SSSR count). The predicted octanol–water partition coefficient (Wildman–Crippen LogP) is 3.09. The van der Waals surface area contributed by atoms with Crippen LogP contribution in [0.4, 0.5) is 5.82 Å². The van der Waals surface area contributed by atoms with Crippen LogP contribution in [0.2, 0.25) is 0 Å². The van der Waals surface area contributed by atoms with Crippen LogP contribution in [0.25, 0.3) is 0 Å². The minimum atomic E-state index is 0.499. The number of hydrogen-bond acceptors (Lipinski definition) is 8. The topological polar surface area (TPSA) is 77.6 Å². The Morgan fingerprint density at radius 3 is 2.79 bits per heavy atom. The third kappa shape index (κ3) is 4.96. The van der Waals surface area contributed by atoms with Gasteiger partial charge in [-0.15, -0.1) is 10.2 Å². The van der Waals surface area contributed by atoms with Gasteiger partial charge in [-0.3, -0.25) is 0 Å². The minimum absolute atomic E-state index is 0.499. The molecule has 102 valence electrons. The van der Waals surface area contributed by atoms with E-state index < -0.39 is 0 Å². The zero-order valence-electron chi connectivity index (χ0n) is 10.6. The molecule has 2 heterocycles. The molecule has 2 aromatic heterocycles. The van der Waals surface area contributed by atoms with Crippen molar-refractivity contribution in [3.05, 3.63) is 18.1 Å². The summed E-state index contributed by atoms with van der Waals surface area (Å²) in [5.74, 6) is 2.99. The van der Waals surface area contributed by atoms with E-state index in [4.69, 9.17) is 5.73 Å². The average Bonchev–Trinajstić information content (AvgIpc) is 2.85. The number of hydrogen-bond donors (Lipinski definition) is 1. The highest BCUT2D eigenvalue weighted by Crippen LogP contribution is 2.30. The van der Waals surface area contributed by atoms with Gasteiger partial charge in [0.2, 0.25) is 0 Å². The van der Waals surface area contributed by atoms with Crippen molar-refractivity contribution < 1.29 is 0 Å². The van der Waals surface area contributed by atoms with Crippen LogP contribution in [0.15, 0.2) is 20.9 Å². The quantitative estimate of drug-likeness (QED) is 0.621. The van der Waals surface area contributed by atoms with Gasteiger partial charge in [0.05, 0.1) is 5.75 Å². The summed E-state index contributed by atoms with van der Waals surface area (Å²) >= 11 is 4.99. The molecule has 0 saturated carbocycles. The van der Waals surface area contributed by atoms with E-state index in [-0.39, 0.29) is 0 Å². The Balaban J connectivity index is 1.83. The molecule has 0 aromatic carbocycles. The Morgan fingerprint density at radius 1 is 1.26 bits per heavy atom. The van der Waals surface area contributed by atoms with Crippen molar-refractivity contribution in [2.24, 2.45) is 0 Å². The molecule has 0 aliphatic heterocycles. The van der Waals surface area contributed by atoms with Crippen molar-refractivity contribution in [3.8, 4) is 0 Å². The van der Waals surface area contributed by atoms with Crippen LogP contribution in [-0.2, 0) is 5.75 Å². The molecule has 0 unspecified atom stereocenters. The molecule has 0 bridgehead atoms. The van der Waals surface area contributed by atoms with Gasteiger partial charge in [-0.25, -0.2) is 9.97 Å². The van der Waals surface area contributed by atoms with Gasteiger partial charge in [-0.05, 0) is 12.5 Å². The molecule has 0 fully saturated rings. The number of unbranched alkanes of at least 4 members (excludes halogenated alkanes) is 1. The second kappa shape index (κ2) is 7.66. The van der Waals surface area contributed by atoms with E-state index in [1.165, 1.54) is 12.8 Å². The van der Waals surface area contributed by atoms with E-state index in [0.717, 1.165) is 20.3 Å². The lowest BCUT2D eigenvalue weighted by atomic mass is 10.4. The van der Waals surface area contributed by atoms with Gasteiger partial charge in [0.25, 0.3) is 0 Å². The monoisotopic (exact) mass is 313 g/mol. The van der Waals surface area contributed by atoms with Crippen LogP contribution in [0.5, 0.6) is 0 Å². The van der Waals surface area contributed by atoms with Crippen molar-refractivity contribution in [2.45, 2.75) is 34.2 Å². The summed E-state index contributed by atoms with van der Waals surface area (Å²) in [5, 5.41) is 8.32. The van der Waals surface area contributed by atoms with Crippen molar-refractivity contribution in [1.82, 2.24) is 20.2 Å². The van der Waals surface area contributed by atoms with Gasteiger partial charge in [-0.1, -0.05) is 48.2 Å². The lowest BCUT2D eigenvalue weighted by Crippen LogP contribution is -1.96. The summed E-state index contributed by atoms with van der Waals surface area (Å²) in [4.78, 5) is 8.31. The van der Waals surface area contributed by atoms with Crippen LogP contribution in [0, 0.1) is 0 Å². The smallest absolute Gasteiger partial charge is 0.175 e. The molecule has 8 heteroatoms. The molecule has 0 aliphatic carbocycles. The van der Waals surface area contributed by atoms with Gasteiger partial charge in [0.1, 0.15) is 11.6 Å². The molecule has 2 N–H and O–H groups in total. The summed E-state index contributed by atoms with van der Waals surface area (Å²) in [7, 11) is 0. The van der Waals surface area contributed by atoms with Gasteiger partial charge in [0, 0.05) is 11.9 Å². The maximum absolute atomic E-state index is 5.61. The van der Waals surface area contributed by atoms with Crippen LogP contribution < -0.4 is 5.73 Å². The van der Waals surface area contributed by atoms with E-state index in [0.29, 0.717) is 11.6 Å². The van der Waals surface area contributed by atoms with Gasteiger partial charge in [0.15, 0.2) is 8.68 Å². The summed E-state index contributed by atoms with van der Waals surface area (Å²) in [6.45, 7) is 2.19. The van der Waals surface area contributed by atoms with E-state index in [1.807, 2.05) is 0 Å². The summed E-state index contributed by atoms with van der Waals surface area (Å²) in [6, 6.07) is 1.68. The third-order valence-corrected chi connectivity index (χ3v) is 5.44. The Bertz CT molecular complexity index is 517. The Hall–Kier alpha value is -0.860. The maximum atomic E-state index is 5.61. The third-order valence-electron chi connectivity index (χ3n) is 2.16. The van der Waals surface area contributed by atoms with Crippen LogP contribution in [0.1, 0.15) is 25.6 Å². The number of thioether (sulfide) groups is 2.